The zero-order valence-electron chi connectivity index (χ0n) is 12.2. The van der Waals surface area contributed by atoms with Gasteiger partial charge in [-0.25, -0.2) is 9.31 Å². The van der Waals surface area contributed by atoms with E-state index in [1.165, 1.54) is 7.11 Å². The van der Waals surface area contributed by atoms with E-state index >= 15 is 0 Å². The summed E-state index contributed by atoms with van der Waals surface area (Å²) in [6.07, 6.45) is 2.73. The van der Waals surface area contributed by atoms with Crippen LogP contribution in [0.3, 0.4) is 0 Å². The number of alkyl carbamates (subject to hydrolysis) is 1. The molecule has 2 amide bonds. The number of hydrogen-bond donors (Lipinski definition) is 2. The summed E-state index contributed by atoms with van der Waals surface area (Å²) >= 11 is 0. The molecule has 0 spiro atoms. The SMILES string of the molecule is COC(=O)N[C@H](C(=O)Nc1cnn2ccccc12)C(C)C. The molecule has 0 aliphatic carbocycles. The van der Waals surface area contributed by atoms with Crippen molar-refractivity contribution in [3.63, 3.8) is 0 Å². The highest BCUT2D eigenvalue weighted by molar-refractivity contribution is 5.99. The summed E-state index contributed by atoms with van der Waals surface area (Å²) in [4.78, 5) is 23.6. The molecule has 2 aromatic heterocycles. The average molecular weight is 290 g/mol. The van der Waals surface area contributed by atoms with Crippen molar-refractivity contribution in [3.05, 3.63) is 30.6 Å². The highest BCUT2D eigenvalue weighted by atomic mass is 16.5. The summed E-state index contributed by atoms with van der Waals surface area (Å²) in [6, 6.07) is 4.87. The standard InChI is InChI=1S/C14H18N4O3/c1-9(2)12(17-14(20)21-3)13(19)16-10-8-15-18-7-5-4-6-11(10)18/h4-9,12H,1-3H3,(H,16,19)(H,17,20)/t12-/m0/s1. The van der Waals surface area contributed by atoms with Crippen LogP contribution in [0.15, 0.2) is 30.6 Å². The van der Waals surface area contributed by atoms with Crippen molar-refractivity contribution in [2.45, 2.75) is 19.9 Å². The number of rotatable bonds is 4. The number of nitrogens with zero attached hydrogens (tertiary/aromatic N) is 2. The zero-order valence-corrected chi connectivity index (χ0v) is 12.2. The minimum absolute atomic E-state index is 0.0778. The number of carbonyl (C=O) groups is 2. The summed E-state index contributed by atoms with van der Waals surface area (Å²) in [5.74, 6) is -0.389. The van der Waals surface area contributed by atoms with Crippen LogP contribution in [0.25, 0.3) is 5.52 Å². The minimum Gasteiger partial charge on any atom is -0.453 e. The van der Waals surface area contributed by atoms with Gasteiger partial charge in [0.15, 0.2) is 0 Å². The van der Waals surface area contributed by atoms with Crippen LogP contribution in [0.5, 0.6) is 0 Å². The maximum Gasteiger partial charge on any atom is 0.407 e. The van der Waals surface area contributed by atoms with E-state index < -0.39 is 12.1 Å². The van der Waals surface area contributed by atoms with Crippen LogP contribution in [0, 0.1) is 5.92 Å². The Bertz CT molecular complexity index is 650. The van der Waals surface area contributed by atoms with Crippen molar-refractivity contribution in [1.29, 1.82) is 0 Å². The third kappa shape index (κ3) is 3.31. The topological polar surface area (TPSA) is 84.7 Å². The van der Waals surface area contributed by atoms with E-state index in [1.54, 1.807) is 16.9 Å². The third-order valence-corrected chi connectivity index (χ3v) is 3.09. The van der Waals surface area contributed by atoms with Gasteiger partial charge in [-0.15, -0.1) is 0 Å². The second kappa shape index (κ2) is 6.25. The first-order chi connectivity index (χ1) is 10.0. The average Bonchev–Trinajstić information content (AvgIpc) is 2.87. The molecule has 0 bridgehead atoms. The van der Waals surface area contributed by atoms with Gasteiger partial charge in [-0.3, -0.25) is 4.79 Å². The van der Waals surface area contributed by atoms with E-state index in [1.807, 2.05) is 32.0 Å². The van der Waals surface area contributed by atoms with Gasteiger partial charge in [-0.2, -0.15) is 5.10 Å². The molecule has 2 aromatic rings. The van der Waals surface area contributed by atoms with Crippen molar-refractivity contribution in [1.82, 2.24) is 14.9 Å². The van der Waals surface area contributed by atoms with Crippen molar-refractivity contribution >= 4 is 23.2 Å². The summed E-state index contributed by atoms with van der Waals surface area (Å²) < 4.78 is 6.20. The molecule has 0 radical (unpaired) electrons. The molecule has 0 unspecified atom stereocenters. The Kier molecular flexibility index (Phi) is 4.42. The predicted octanol–water partition coefficient (Wildman–Crippen LogP) is 1.65. The van der Waals surface area contributed by atoms with Gasteiger partial charge in [0.05, 0.1) is 24.5 Å². The highest BCUT2D eigenvalue weighted by Gasteiger charge is 2.25. The van der Waals surface area contributed by atoms with Crippen LogP contribution >= 0.6 is 0 Å². The minimum atomic E-state index is -0.684. The quantitative estimate of drug-likeness (QED) is 0.896. The van der Waals surface area contributed by atoms with Crippen LogP contribution < -0.4 is 10.6 Å². The van der Waals surface area contributed by atoms with E-state index in [0.29, 0.717) is 5.69 Å². The van der Waals surface area contributed by atoms with Crippen LogP contribution in [0.4, 0.5) is 10.5 Å². The van der Waals surface area contributed by atoms with Crippen LogP contribution in [0.2, 0.25) is 0 Å². The van der Waals surface area contributed by atoms with E-state index in [-0.39, 0.29) is 11.8 Å². The van der Waals surface area contributed by atoms with Crippen molar-refractivity contribution < 1.29 is 14.3 Å². The molecule has 7 heteroatoms. The fourth-order valence-electron chi connectivity index (χ4n) is 1.96. The molecule has 7 nitrogen and oxygen atoms in total. The molecule has 0 saturated carbocycles. The molecule has 0 aliphatic heterocycles. The third-order valence-electron chi connectivity index (χ3n) is 3.09. The van der Waals surface area contributed by atoms with E-state index in [9.17, 15) is 9.59 Å². The molecule has 0 saturated heterocycles. The number of anilines is 1. The molecule has 0 aliphatic rings. The lowest BCUT2D eigenvalue weighted by molar-refractivity contribution is -0.119. The number of pyridine rings is 1. The molecule has 2 heterocycles. The molecule has 2 rings (SSSR count). The van der Waals surface area contributed by atoms with Crippen LogP contribution in [0.1, 0.15) is 13.8 Å². The Balaban J connectivity index is 2.16. The van der Waals surface area contributed by atoms with Gasteiger partial charge in [-0.05, 0) is 18.1 Å². The summed E-state index contributed by atoms with van der Waals surface area (Å²) in [5, 5.41) is 9.45. The molecule has 0 aromatic carbocycles. The summed E-state index contributed by atoms with van der Waals surface area (Å²) in [6.45, 7) is 3.69. The first-order valence-electron chi connectivity index (χ1n) is 6.60. The lowest BCUT2D eigenvalue weighted by Crippen LogP contribution is -2.47. The molecule has 0 fully saturated rings. The Hall–Kier alpha value is -2.57. The predicted molar refractivity (Wildman–Crippen MR) is 78.0 cm³/mol. The summed E-state index contributed by atoms with van der Waals surface area (Å²) in [5.41, 5.74) is 1.38. The zero-order chi connectivity index (χ0) is 15.4. The smallest absolute Gasteiger partial charge is 0.407 e. The highest BCUT2D eigenvalue weighted by Crippen LogP contribution is 2.16. The van der Waals surface area contributed by atoms with Gasteiger partial charge in [0.2, 0.25) is 5.91 Å². The van der Waals surface area contributed by atoms with Crippen molar-refractivity contribution in [2.75, 3.05) is 12.4 Å². The Labute approximate surface area is 122 Å². The fourth-order valence-corrected chi connectivity index (χ4v) is 1.96. The number of aromatic nitrogens is 2. The number of amides is 2. The van der Waals surface area contributed by atoms with Crippen LogP contribution in [-0.2, 0) is 9.53 Å². The van der Waals surface area contributed by atoms with Gasteiger partial charge >= 0.3 is 6.09 Å². The first kappa shape index (κ1) is 14.8. The van der Waals surface area contributed by atoms with E-state index in [4.69, 9.17) is 0 Å². The number of fused-ring (bicyclic) bond motifs is 1. The molecule has 1 atom stereocenters. The number of ether oxygens (including phenoxy) is 1. The monoisotopic (exact) mass is 290 g/mol. The molecular weight excluding hydrogens is 272 g/mol. The number of carbonyl (C=O) groups excluding carboxylic acids is 2. The Morgan fingerprint density at radius 2 is 2.10 bits per heavy atom. The number of methoxy groups -OCH3 is 1. The van der Waals surface area contributed by atoms with Gasteiger partial charge in [0.25, 0.3) is 0 Å². The maximum atomic E-state index is 12.3. The van der Waals surface area contributed by atoms with Gasteiger partial charge in [0, 0.05) is 6.20 Å². The maximum absolute atomic E-state index is 12.3. The Morgan fingerprint density at radius 1 is 1.33 bits per heavy atom. The fraction of sp³-hybridized carbons (Fsp3) is 0.357. The molecule has 2 N–H and O–H groups in total. The molecule has 21 heavy (non-hydrogen) atoms. The lowest BCUT2D eigenvalue weighted by Gasteiger charge is -2.20. The number of hydrogen-bond acceptors (Lipinski definition) is 4. The normalized spacial score (nSPS) is 12.2. The van der Waals surface area contributed by atoms with Crippen molar-refractivity contribution in [2.24, 2.45) is 5.92 Å². The second-order valence-electron chi connectivity index (χ2n) is 4.94. The van der Waals surface area contributed by atoms with Gasteiger partial charge in [-0.1, -0.05) is 19.9 Å². The lowest BCUT2D eigenvalue weighted by atomic mass is 10.0. The van der Waals surface area contributed by atoms with Gasteiger partial charge in [0.1, 0.15) is 6.04 Å². The summed E-state index contributed by atoms with van der Waals surface area (Å²) in [7, 11) is 1.26. The second-order valence-corrected chi connectivity index (χ2v) is 4.94. The van der Waals surface area contributed by atoms with E-state index in [2.05, 4.69) is 20.5 Å². The van der Waals surface area contributed by atoms with E-state index in [0.717, 1.165) is 5.52 Å². The molecule has 112 valence electrons. The molecular formula is C14H18N4O3. The Morgan fingerprint density at radius 3 is 2.76 bits per heavy atom. The first-order valence-corrected chi connectivity index (χ1v) is 6.60. The van der Waals surface area contributed by atoms with Gasteiger partial charge < -0.3 is 15.4 Å². The number of nitrogens with one attached hydrogen (secondary N) is 2. The van der Waals surface area contributed by atoms with Crippen molar-refractivity contribution in [3.8, 4) is 0 Å². The largest absolute Gasteiger partial charge is 0.453 e. The van der Waals surface area contributed by atoms with Crippen LogP contribution in [-0.4, -0.2) is 34.8 Å².